The average Bonchev–Trinajstić information content (AvgIpc) is 2.63. The highest BCUT2D eigenvalue weighted by atomic mass is 35.5. The van der Waals surface area contributed by atoms with E-state index in [1.807, 2.05) is 6.92 Å². The summed E-state index contributed by atoms with van der Waals surface area (Å²) in [5.41, 5.74) is 0.115. The van der Waals surface area contributed by atoms with Crippen LogP contribution in [0.3, 0.4) is 0 Å². The number of benzene rings is 1. The second-order valence-corrected chi connectivity index (χ2v) is 5.53. The van der Waals surface area contributed by atoms with Crippen LogP contribution in [0.1, 0.15) is 30.6 Å². The van der Waals surface area contributed by atoms with Gasteiger partial charge in [-0.2, -0.15) is 0 Å². The minimum absolute atomic E-state index is 0.115. The van der Waals surface area contributed by atoms with Gasteiger partial charge in [0.15, 0.2) is 18.1 Å². The van der Waals surface area contributed by atoms with Crippen molar-refractivity contribution in [1.82, 2.24) is 10.6 Å². The number of hydrogen-bond acceptors (Lipinski definition) is 6. The molecule has 0 saturated carbocycles. The van der Waals surface area contributed by atoms with Crippen molar-refractivity contribution in [3.05, 3.63) is 22.7 Å². The second-order valence-electron chi connectivity index (χ2n) is 5.13. The van der Waals surface area contributed by atoms with Gasteiger partial charge in [-0.15, -0.1) is 0 Å². The molecule has 0 aromatic heterocycles. The lowest BCUT2D eigenvalue weighted by molar-refractivity contribution is -0.127. The molecule has 0 unspecified atom stereocenters. The monoisotopic (exact) mass is 386 g/mol. The fourth-order valence-electron chi connectivity index (χ4n) is 1.89. The summed E-state index contributed by atoms with van der Waals surface area (Å²) >= 11 is 6.09. The molecule has 0 spiro atoms. The maximum absolute atomic E-state index is 12.1. The summed E-state index contributed by atoms with van der Waals surface area (Å²) in [4.78, 5) is 35.1. The first-order valence-corrected chi connectivity index (χ1v) is 8.51. The fraction of sp³-hybridized carbons (Fsp3) is 0.471. The van der Waals surface area contributed by atoms with E-state index in [4.69, 9.17) is 25.8 Å². The zero-order valence-corrected chi connectivity index (χ0v) is 15.8. The molecule has 0 atom stereocenters. The lowest BCUT2D eigenvalue weighted by Crippen LogP contribution is -2.38. The first kappa shape index (κ1) is 21.6. The third-order valence-corrected chi connectivity index (χ3v) is 3.39. The predicted molar refractivity (Wildman–Crippen MR) is 95.8 cm³/mol. The highest BCUT2D eigenvalue weighted by Crippen LogP contribution is 2.36. The number of carbonyl (C=O) groups is 3. The van der Waals surface area contributed by atoms with Crippen molar-refractivity contribution in [2.75, 3.05) is 33.4 Å². The van der Waals surface area contributed by atoms with Gasteiger partial charge in [0.1, 0.15) is 0 Å². The Bertz CT molecular complexity index is 650. The summed E-state index contributed by atoms with van der Waals surface area (Å²) in [6.45, 7) is 3.92. The largest absolute Gasteiger partial charge is 0.493 e. The number of amides is 2. The molecule has 0 aliphatic carbocycles. The standard InChI is InChI=1S/C17H23ClN2O6/c1-4-6-19-14(21)9-20-15(22)10-26-17(23)11-7-12(18)16(25-5-2)13(8-11)24-3/h7-8H,4-6,9-10H2,1-3H3,(H,19,21)(H,20,22). The van der Waals surface area contributed by atoms with Gasteiger partial charge in [0.05, 0.1) is 30.8 Å². The molecule has 8 nitrogen and oxygen atoms in total. The van der Waals surface area contributed by atoms with Crippen LogP contribution in [0.2, 0.25) is 5.02 Å². The highest BCUT2D eigenvalue weighted by molar-refractivity contribution is 6.32. The molecule has 1 rings (SSSR count). The Morgan fingerprint density at radius 3 is 2.46 bits per heavy atom. The fourth-order valence-corrected chi connectivity index (χ4v) is 2.16. The van der Waals surface area contributed by atoms with Crippen molar-refractivity contribution in [2.24, 2.45) is 0 Å². The molecule has 1 aromatic rings. The number of carbonyl (C=O) groups excluding carboxylic acids is 3. The van der Waals surface area contributed by atoms with E-state index in [9.17, 15) is 14.4 Å². The molecule has 0 aliphatic rings. The Morgan fingerprint density at radius 1 is 1.12 bits per heavy atom. The molecule has 1 aromatic carbocycles. The van der Waals surface area contributed by atoms with Crippen LogP contribution in [0, 0.1) is 0 Å². The van der Waals surface area contributed by atoms with E-state index in [-0.39, 0.29) is 28.8 Å². The molecule has 0 fully saturated rings. The SMILES string of the molecule is CCCNC(=O)CNC(=O)COC(=O)c1cc(Cl)c(OCC)c(OC)c1. The van der Waals surface area contributed by atoms with Gasteiger partial charge >= 0.3 is 5.97 Å². The van der Waals surface area contributed by atoms with Crippen LogP contribution in [0.4, 0.5) is 0 Å². The quantitative estimate of drug-likeness (QED) is 0.591. The topological polar surface area (TPSA) is 103 Å². The second kappa shape index (κ2) is 11.2. The lowest BCUT2D eigenvalue weighted by atomic mass is 10.2. The van der Waals surface area contributed by atoms with Gasteiger partial charge in [0.2, 0.25) is 5.91 Å². The van der Waals surface area contributed by atoms with E-state index in [1.165, 1.54) is 19.2 Å². The highest BCUT2D eigenvalue weighted by Gasteiger charge is 2.17. The van der Waals surface area contributed by atoms with Crippen molar-refractivity contribution in [2.45, 2.75) is 20.3 Å². The Kier molecular flexibility index (Phi) is 9.29. The molecule has 9 heteroatoms. The molecule has 144 valence electrons. The summed E-state index contributed by atoms with van der Waals surface area (Å²) in [5, 5.41) is 5.16. The Balaban J connectivity index is 2.58. The average molecular weight is 387 g/mol. The zero-order valence-electron chi connectivity index (χ0n) is 15.0. The third kappa shape index (κ3) is 6.79. The molecule has 26 heavy (non-hydrogen) atoms. The predicted octanol–water partition coefficient (Wildman–Crippen LogP) is 1.55. The van der Waals surface area contributed by atoms with Crippen LogP contribution in [0.15, 0.2) is 12.1 Å². The normalized spacial score (nSPS) is 10.0. The number of methoxy groups -OCH3 is 1. The number of hydrogen-bond donors (Lipinski definition) is 2. The summed E-state index contributed by atoms with van der Waals surface area (Å²) in [7, 11) is 1.42. The summed E-state index contributed by atoms with van der Waals surface area (Å²) in [5.74, 6) is -1.05. The molecule has 2 amide bonds. The first-order chi connectivity index (χ1) is 12.4. The molecule has 0 bridgehead atoms. The van der Waals surface area contributed by atoms with E-state index >= 15 is 0 Å². The minimum atomic E-state index is -0.751. The molecule has 0 heterocycles. The van der Waals surface area contributed by atoms with E-state index in [0.717, 1.165) is 6.42 Å². The summed E-state index contributed by atoms with van der Waals surface area (Å²) < 4.78 is 15.4. The van der Waals surface area contributed by atoms with Gasteiger partial charge in [-0.3, -0.25) is 9.59 Å². The Hall–Kier alpha value is -2.48. The van der Waals surface area contributed by atoms with Crippen LogP contribution < -0.4 is 20.1 Å². The van der Waals surface area contributed by atoms with Crippen LogP contribution in [0.5, 0.6) is 11.5 Å². The van der Waals surface area contributed by atoms with Gasteiger partial charge in [-0.1, -0.05) is 18.5 Å². The van der Waals surface area contributed by atoms with Crippen LogP contribution in [0.25, 0.3) is 0 Å². The van der Waals surface area contributed by atoms with Crippen LogP contribution >= 0.6 is 11.6 Å². The number of nitrogens with one attached hydrogen (secondary N) is 2. The lowest BCUT2D eigenvalue weighted by Gasteiger charge is -2.13. The molecule has 2 N–H and O–H groups in total. The number of rotatable bonds is 10. The number of halogens is 1. The third-order valence-electron chi connectivity index (χ3n) is 3.11. The maximum atomic E-state index is 12.1. The molecule has 0 saturated heterocycles. The first-order valence-electron chi connectivity index (χ1n) is 8.13. The molecular formula is C17H23ClN2O6. The zero-order chi connectivity index (χ0) is 19.5. The van der Waals surface area contributed by atoms with Crippen molar-refractivity contribution in [3.63, 3.8) is 0 Å². The summed E-state index contributed by atoms with van der Waals surface area (Å²) in [6, 6.07) is 2.78. The minimum Gasteiger partial charge on any atom is -0.493 e. The van der Waals surface area contributed by atoms with Crippen LogP contribution in [-0.4, -0.2) is 51.2 Å². The van der Waals surface area contributed by atoms with Gasteiger partial charge < -0.3 is 24.8 Å². The van der Waals surface area contributed by atoms with Crippen molar-refractivity contribution in [3.8, 4) is 11.5 Å². The van der Waals surface area contributed by atoms with E-state index in [2.05, 4.69) is 10.6 Å². The summed E-state index contributed by atoms with van der Waals surface area (Å²) in [6.07, 6.45) is 0.797. The number of esters is 1. The smallest absolute Gasteiger partial charge is 0.338 e. The van der Waals surface area contributed by atoms with Gasteiger partial charge in [-0.25, -0.2) is 4.79 Å². The molecular weight excluding hydrogens is 364 g/mol. The van der Waals surface area contributed by atoms with Gasteiger partial charge in [-0.05, 0) is 25.5 Å². The van der Waals surface area contributed by atoms with E-state index in [1.54, 1.807) is 6.92 Å². The number of ether oxygens (including phenoxy) is 3. The molecule has 0 aliphatic heterocycles. The van der Waals surface area contributed by atoms with Gasteiger partial charge in [0.25, 0.3) is 5.91 Å². The van der Waals surface area contributed by atoms with E-state index < -0.39 is 18.5 Å². The van der Waals surface area contributed by atoms with E-state index in [0.29, 0.717) is 18.9 Å². The van der Waals surface area contributed by atoms with Crippen molar-refractivity contribution in [1.29, 1.82) is 0 Å². The molecule has 0 radical (unpaired) electrons. The van der Waals surface area contributed by atoms with Crippen molar-refractivity contribution >= 4 is 29.4 Å². The van der Waals surface area contributed by atoms with Crippen molar-refractivity contribution < 1.29 is 28.6 Å². The van der Waals surface area contributed by atoms with Crippen LogP contribution in [-0.2, 0) is 14.3 Å². The Morgan fingerprint density at radius 2 is 1.85 bits per heavy atom. The Labute approximate surface area is 157 Å². The van der Waals surface area contributed by atoms with Gasteiger partial charge in [0, 0.05) is 6.54 Å². The maximum Gasteiger partial charge on any atom is 0.338 e.